The van der Waals surface area contributed by atoms with Crippen molar-refractivity contribution >= 4 is 40.5 Å². The fraction of sp³-hybridized carbons (Fsp3) is 0. The van der Waals surface area contributed by atoms with Crippen LogP contribution in [0.5, 0.6) is 0 Å². The Morgan fingerprint density at radius 3 is 2.37 bits per heavy atom. The van der Waals surface area contributed by atoms with E-state index in [0.29, 0.717) is 11.1 Å². The van der Waals surface area contributed by atoms with E-state index in [1.165, 1.54) is 28.7 Å². The maximum atomic E-state index is 14.7. The van der Waals surface area contributed by atoms with Gasteiger partial charge in [-0.2, -0.15) is 0 Å². The predicted molar refractivity (Wildman–Crippen MR) is 110 cm³/mol. The highest BCUT2D eigenvalue weighted by atomic mass is 35.5. The molecule has 2 aromatic carbocycles. The van der Waals surface area contributed by atoms with E-state index < -0.39 is 28.4 Å². The van der Waals surface area contributed by atoms with Gasteiger partial charge >= 0.3 is 5.97 Å². The lowest BCUT2D eigenvalue weighted by atomic mass is 10.0. The summed E-state index contributed by atoms with van der Waals surface area (Å²) in [5.41, 5.74) is 0.656. The molecule has 30 heavy (non-hydrogen) atoms. The molecule has 8 heteroatoms. The van der Waals surface area contributed by atoms with Gasteiger partial charge in [-0.3, -0.25) is 4.79 Å². The minimum Gasteiger partial charge on any atom is -0.478 e. The summed E-state index contributed by atoms with van der Waals surface area (Å²) in [6, 6.07) is 12.3. The van der Waals surface area contributed by atoms with Crippen LogP contribution in [0, 0.1) is 11.6 Å². The van der Waals surface area contributed by atoms with Gasteiger partial charge in [0.2, 0.25) is 5.78 Å². The molecular weight excluding hydrogens is 435 g/mol. The zero-order valence-corrected chi connectivity index (χ0v) is 16.5. The van der Waals surface area contributed by atoms with Gasteiger partial charge in [-0.15, -0.1) is 0 Å². The van der Waals surface area contributed by atoms with Crippen molar-refractivity contribution in [3.05, 3.63) is 99.3 Å². The number of aromatic nitrogens is 1. The van der Waals surface area contributed by atoms with Gasteiger partial charge < -0.3 is 9.51 Å². The molecule has 1 N–H and O–H groups in total. The van der Waals surface area contributed by atoms with Gasteiger partial charge in [-0.05, 0) is 42.5 Å². The van der Waals surface area contributed by atoms with Crippen molar-refractivity contribution in [3.63, 3.8) is 0 Å². The number of carbonyl (C=O) groups is 2. The molecule has 0 aliphatic rings. The first kappa shape index (κ1) is 20.1. The molecule has 0 spiro atoms. The molecule has 4 aromatic rings. The first-order chi connectivity index (χ1) is 14.3. The van der Waals surface area contributed by atoms with Crippen LogP contribution in [0.1, 0.15) is 26.4 Å². The van der Waals surface area contributed by atoms with Crippen LogP contribution >= 0.6 is 23.2 Å². The van der Waals surface area contributed by atoms with Crippen LogP contribution < -0.4 is 0 Å². The summed E-state index contributed by atoms with van der Waals surface area (Å²) < 4.78 is 30.1. The predicted octanol–water partition coefficient (Wildman–Crippen LogP) is 6.12. The highest BCUT2D eigenvalue weighted by molar-refractivity contribution is 6.41. The summed E-state index contributed by atoms with van der Waals surface area (Å²) in [6.07, 6.45) is 1.59. The van der Waals surface area contributed by atoms with Crippen LogP contribution in [-0.4, -0.2) is 21.3 Å². The van der Waals surface area contributed by atoms with Crippen LogP contribution in [0.3, 0.4) is 0 Å². The quantitative estimate of drug-likeness (QED) is 0.304. The Balaban J connectivity index is 1.94. The Labute approximate surface area is 178 Å². The van der Waals surface area contributed by atoms with Crippen LogP contribution in [0.25, 0.3) is 16.6 Å². The van der Waals surface area contributed by atoms with E-state index >= 15 is 0 Å². The van der Waals surface area contributed by atoms with E-state index in [0.717, 1.165) is 12.1 Å². The SMILES string of the molecule is O=C(O)c1ccc(-c2cc(C(=O)c3c(Cl)ccc(F)c3Cl)n3ccccc23)c(F)c1. The molecule has 0 aliphatic carbocycles. The number of pyridine rings is 1. The summed E-state index contributed by atoms with van der Waals surface area (Å²) in [5, 5.41) is 8.63. The number of ketones is 1. The number of rotatable bonds is 4. The molecule has 4 rings (SSSR count). The number of fused-ring (bicyclic) bond motifs is 1. The number of hydrogen-bond acceptors (Lipinski definition) is 2. The van der Waals surface area contributed by atoms with Gasteiger partial charge in [0.25, 0.3) is 0 Å². The van der Waals surface area contributed by atoms with Gasteiger partial charge in [0.1, 0.15) is 11.6 Å². The fourth-order valence-corrected chi connectivity index (χ4v) is 3.82. The molecule has 0 atom stereocenters. The molecule has 0 aliphatic heterocycles. The third-order valence-corrected chi connectivity index (χ3v) is 5.37. The van der Waals surface area contributed by atoms with Gasteiger partial charge in [0.05, 0.1) is 32.4 Å². The van der Waals surface area contributed by atoms with Crippen LogP contribution in [0.4, 0.5) is 8.78 Å². The van der Waals surface area contributed by atoms with Crippen molar-refractivity contribution in [1.29, 1.82) is 0 Å². The number of aromatic carboxylic acids is 1. The first-order valence-electron chi connectivity index (χ1n) is 8.61. The van der Waals surface area contributed by atoms with Crippen molar-refractivity contribution in [2.24, 2.45) is 0 Å². The van der Waals surface area contributed by atoms with Crippen molar-refractivity contribution in [1.82, 2.24) is 4.40 Å². The normalized spacial score (nSPS) is 11.1. The zero-order valence-electron chi connectivity index (χ0n) is 15.0. The van der Waals surface area contributed by atoms with Crippen molar-refractivity contribution in [2.45, 2.75) is 0 Å². The van der Waals surface area contributed by atoms with Crippen molar-refractivity contribution < 1.29 is 23.5 Å². The molecule has 0 bridgehead atoms. The Kier molecular flexibility index (Phi) is 5.05. The third-order valence-electron chi connectivity index (χ3n) is 4.69. The van der Waals surface area contributed by atoms with Crippen LogP contribution in [0.15, 0.2) is 60.8 Å². The lowest BCUT2D eigenvalue weighted by molar-refractivity contribution is 0.0696. The molecule has 150 valence electrons. The topological polar surface area (TPSA) is 58.8 Å². The number of halogens is 4. The minimum absolute atomic E-state index is 0.0178. The lowest BCUT2D eigenvalue weighted by Crippen LogP contribution is -2.07. The smallest absolute Gasteiger partial charge is 0.335 e. The number of carboxylic acids is 1. The molecule has 0 saturated heterocycles. The number of nitrogens with zero attached hydrogens (tertiary/aromatic N) is 1. The highest BCUT2D eigenvalue weighted by Gasteiger charge is 2.24. The average Bonchev–Trinajstić information content (AvgIpc) is 3.10. The monoisotopic (exact) mass is 445 g/mol. The molecular formula is C22H11Cl2F2NO3. The van der Waals surface area contributed by atoms with E-state index in [1.54, 1.807) is 24.4 Å². The third kappa shape index (κ3) is 3.24. The molecule has 0 saturated carbocycles. The van der Waals surface area contributed by atoms with E-state index in [9.17, 15) is 18.4 Å². The maximum absolute atomic E-state index is 14.7. The van der Waals surface area contributed by atoms with Gasteiger partial charge in [0.15, 0.2) is 0 Å². The lowest BCUT2D eigenvalue weighted by Gasteiger charge is -2.07. The second-order valence-corrected chi connectivity index (χ2v) is 7.23. The molecule has 4 nitrogen and oxygen atoms in total. The number of benzene rings is 2. The Hall–Kier alpha value is -3.22. The van der Waals surface area contributed by atoms with E-state index in [-0.39, 0.29) is 27.4 Å². The molecule has 2 aromatic heterocycles. The molecule has 0 unspecified atom stereocenters. The highest BCUT2D eigenvalue weighted by Crippen LogP contribution is 2.34. The zero-order chi connectivity index (χ0) is 21.6. The molecule has 0 radical (unpaired) electrons. The van der Waals surface area contributed by atoms with E-state index in [4.69, 9.17) is 28.3 Å². The number of carbonyl (C=O) groups excluding carboxylic acids is 1. The summed E-state index contributed by atoms with van der Waals surface area (Å²) in [5.74, 6) is -3.44. The van der Waals surface area contributed by atoms with Gasteiger partial charge in [0, 0.05) is 17.3 Å². The fourth-order valence-electron chi connectivity index (χ4n) is 3.27. The van der Waals surface area contributed by atoms with Crippen molar-refractivity contribution in [2.75, 3.05) is 0 Å². The summed E-state index contributed by atoms with van der Waals surface area (Å²) >= 11 is 12.1. The standard InChI is InChI=1S/C22H11Cl2F2NO3/c23-14-6-7-15(25)20(24)19(14)21(28)18-10-13(17-3-1-2-8-27(17)18)12-5-4-11(22(29)30)9-16(12)26/h1-10H,(H,29,30). The van der Waals surface area contributed by atoms with Crippen LogP contribution in [-0.2, 0) is 0 Å². The maximum Gasteiger partial charge on any atom is 0.335 e. The molecule has 2 heterocycles. The largest absolute Gasteiger partial charge is 0.478 e. The Morgan fingerprint density at radius 2 is 1.67 bits per heavy atom. The summed E-state index contributed by atoms with van der Waals surface area (Å²) in [6.45, 7) is 0. The van der Waals surface area contributed by atoms with Gasteiger partial charge in [-0.1, -0.05) is 35.3 Å². The average molecular weight is 446 g/mol. The van der Waals surface area contributed by atoms with Crippen molar-refractivity contribution in [3.8, 4) is 11.1 Å². The minimum atomic E-state index is -1.26. The van der Waals surface area contributed by atoms with E-state index in [2.05, 4.69) is 0 Å². The number of hydrogen-bond donors (Lipinski definition) is 1. The Bertz CT molecular complexity index is 1350. The van der Waals surface area contributed by atoms with Gasteiger partial charge in [-0.25, -0.2) is 13.6 Å². The molecule has 0 fully saturated rings. The summed E-state index contributed by atoms with van der Waals surface area (Å²) in [4.78, 5) is 24.3. The number of carboxylic acid groups (broad SMARTS) is 1. The first-order valence-corrected chi connectivity index (χ1v) is 9.36. The Morgan fingerprint density at radius 1 is 0.900 bits per heavy atom. The second-order valence-electron chi connectivity index (χ2n) is 6.45. The van der Waals surface area contributed by atoms with E-state index in [1.807, 2.05) is 0 Å². The van der Waals surface area contributed by atoms with Crippen LogP contribution in [0.2, 0.25) is 10.0 Å². The summed E-state index contributed by atoms with van der Waals surface area (Å²) in [7, 11) is 0. The molecule has 0 amide bonds. The second kappa shape index (κ2) is 7.55.